The van der Waals surface area contributed by atoms with Gasteiger partial charge in [-0.3, -0.25) is 0 Å². The molecule has 0 unspecified atom stereocenters. The maximum Gasteiger partial charge on any atom is 0.119 e. The molecule has 0 saturated carbocycles. The summed E-state index contributed by atoms with van der Waals surface area (Å²) in [6, 6.07) is 12.9. The Hall–Kier alpha value is -2.30. The number of aliphatic hydroxyl groups excluding tert-OH is 2. The monoisotopic (exact) mass is 394 g/mol. The molecule has 0 atom stereocenters. The van der Waals surface area contributed by atoms with Gasteiger partial charge in [0.1, 0.15) is 11.5 Å². The van der Waals surface area contributed by atoms with Crippen molar-refractivity contribution in [3.05, 3.63) is 58.7 Å². The first-order valence-electron chi connectivity index (χ1n) is 10.8. The van der Waals surface area contributed by atoms with Gasteiger partial charge < -0.3 is 19.7 Å². The van der Waals surface area contributed by atoms with Crippen molar-refractivity contribution in [3.8, 4) is 11.5 Å². The molecule has 29 heavy (non-hydrogen) atoms. The molecule has 0 aromatic heterocycles. The van der Waals surface area contributed by atoms with Crippen molar-refractivity contribution in [1.82, 2.24) is 0 Å². The first-order valence-corrected chi connectivity index (χ1v) is 10.8. The van der Waals surface area contributed by atoms with E-state index in [4.69, 9.17) is 19.7 Å². The molecule has 4 nitrogen and oxygen atoms in total. The Morgan fingerprint density at radius 3 is 1.66 bits per heavy atom. The quantitative estimate of drug-likeness (QED) is 0.619. The maximum atomic E-state index is 8.97. The number of fused-ring (bicyclic) bond motifs is 2. The lowest BCUT2D eigenvalue weighted by molar-refractivity contribution is 0.233. The van der Waals surface area contributed by atoms with Crippen molar-refractivity contribution in [2.75, 3.05) is 26.4 Å². The Bertz CT molecular complexity index is 884. The topological polar surface area (TPSA) is 58.9 Å². The minimum absolute atomic E-state index is 0.154. The summed E-state index contributed by atoms with van der Waals surface area (Å²) < 4.78 is 11.7. The second-order valence-corrected chi connectivity index (χ2v) is 7.80. The fourth-order valence-electron chi connectivity index (χ4n) is 4.36. The van der Waals surface area contributed by atoms with Gasteiger partial charge in [0.2, 0.25) is 0 Å². The van der Waals surface area contributed by atoms with Crippen LogP contribution >= 0.6 is 0 Å². The van der Waals surface area contributed by atoms with E-state index in [9.17, 15) is 0 Å². The van der Waals surface area contributed by atoms with Crippen LogP contribution in [0.25, 0.3) is 11.1 Å². The number of rotatable bonds is 9. The highest BCUT2D eigenvalue weighted by atomic mass is 16.5. The molecule has 4 heteroatoms. The Balaban J connectivity index is 1.58. The smallest absolute Gasteiger partial charge is 0.119 e. The van der Waals surface area contributed by atoms with Crippen LogP contribution in [0.4, 0.5) is 0 Å². The zero-order valence-corrected chi connectivity index (χ0v) is 17.0. The second-order valence-electron chi connectivity index (χ2n) is 7.80. The number of aliphatic hydroxyl groups is 2. The van der Waals surface area contributed by atoms with E-state index in [1.807, 2.05) is 6.07 Å². The second kappa shape index (κ2) is 9.47. The first-order chi connectivity index (χ1) is 14.3. The third-order valence-corrected chi connectivity index (χ3v) is 5.86. The van der Waals surface area contributed by atoms with Gasteiger partial charge in [-0.1, -0.05) is 12.1 Å². The lowest BCUT2D eigenvalue weighted by Gasteiger charge is -2.12. The summed E-state index contributed by atoms with van der Waals surface area (Å²) >= 11 is 0. The molecule has 0 bridgehead atoms. The number of unbranched alkanes of at least 4 members (excludes halogenated alkanes) is 1. The number of aryl methyl sites for hydroxylation is 2. The largest absolute Gasteiger partial charge is 0.494 e. The Morgan fingerprint density at radius 1 is 0.621 bits per heavy atom. The lowest BCUT2D eigenvalue weighted by Crippen LogP contribution is -2.00. The Kier molecular flexibility index (Phi) is 6.53. The van der Waals surface area contributed by atoms with Gasteiger partial charge in [-0.15, -0.1) is 0 Å². The average molecular weight is 395 g/mol. The van der Waals surface area contributed by atoms with Gasteiger partial charge >= 0.3 is 0 Å². The summed E-state index contributed by atoms with van der Waals surface area (Å²) in [7, 11) is 0. The number of allylic oxidation sites excluding steroid dienone is 2. The first kappa shape index (κ1) is 20.0. The molecule has 0 amide bonds. The lowest BCUT2D eigenvalue weighted by atomic mass is 9.97. The molecule has 0 fully saturated rings. The fraction of sp³-hybridized carbons (Fsp3) is 0.440. The molecule has 0 aliphatic heterocycles. The van der Waals surface area contributed by atoms with Crippen LogP contribution in [-0.2, 0) is 12.8 Å². The molecular weight excluding hydrogens is 364 g/mol. The van der Waals surface area contributed by atoms with E-state index < -0.39 is 0 Å². The Morgan fingerprint density at radius 2 is 1.14 bits per heavy atom. The van der Waals surface area contributed by atoms with Crippen molar-refractivity contribution in [2.45, 2.75) is 44.9 Å². The van der Waals surface area contributed by atoms with Crippen LogP contribution in [0.2, 0.25) is 0 Å². The van der Waals surface area contributed by atoms with Gasteiger partial charge in [-0.2, -0.15) is 0 Å². The standard InChI is InChI=1S/C25H30O4/c26-12-1-2-14-28-20-8-4-18-6-10-22(24(18)16-20)23-11-7-19-5-9-21(17-25(19)23)29-15-3-13-27/h4-5,8-9,16-17,26-27H,1-3,6-7,10-15H2/b23-22-. The van der Waals surface area contributed by atoms with Crippen LogP contribution < -0.4 is 9.47 Å². The molecule has 2 aromatic rings. The zero-order chi connectivity index (χ0) is 20.1. The molecule has 0 saturated heterocycles. The number of hydrogen-bond acceptors (Lipinski definition) is 4. The van der Waals surface area contributed by atoms with Gasteiger partial charge in [0.25, 0.3) is 0 Å². The summed E-state index contributed by atoms with van der Waals surface area (Å²) in [6.45, 7) is 1.56. The van der Waals surface area contributed by atoms with Crippen molar-refractivity contribution in [3.63, 3.8) is 0 Å². The molecule has 154 valence electrons. The van der Waals surface area contributed by atoms with Gasteiger partial charge in [-0.05, 0) is 96.2 Å². The van der Waals surface area contributed by atoms with Crippen molar-refractivity contribution in [2.24, 2.45) is 0 Å². The molecule has 2 aliphatic carbocycles. The summed E-state index contributed by atoms with van der Waals surface area (Å²) in [6.07, 6.45) is 6.62. The van der Waals surface area contributed by atoms with Crippen LogP contribution in [0.3, 0.4) is 0 Å². The minimum Gasteiger partial charge on any atom is -0.494 e. The van der Waals surface area contributed by atoms with Gasteiger partial charge in [0.05, 0.1) is 13.2 Å². The van der Waals surface area contributed by atoms with Crippen molar-refractivity contribution >= 4 is 11.1 Å². The van der Waals surface area contributed by atoms with Gasteiger partial charge in [0.15, 0.2) is 0 Å². The average Bonchev–Trinajstić information content (AvgIpc) is 3.34. The van der Waals surface area contributed by atoms with Gasteiger partial charge in [-0.25, -0.2) is 0 Å². The van der Waals surface area contributed by atoms with Gasteiger partial charge in [0, 0.05) is 19.6 Å². The predicted octanol–water partition coefficient (Wildman–Crippen LogP) is 4.40. The number of benzene rings is 2. The summed E-state index contributed by atoms with van der Waals surface area (Å²) in [5.74, 6) is 1.80. The third-order valence-electron chi connectivity index (χ3n) is 5.86. The van der Waals surface area contributed by atoms with E-state index in [0.29, 0.717) is 19.6 Å². The number of hydrogen-bond donors (Lipinski definition) is 2. The van der Waals surface area contributed by atoms with Crippen molar-refractivity contribution in [1.29, 1.82) is 0 Å². The highest BCUT2D eigenvalue weighted by Gasteiger charge is 2.26. The van der Waals surface area contributed by atoms with Crippen LogP contribution in [-0.4, -0.2) is 36.6 Å². The molecule has 0 spiro atoms. The highest BCUT2D eigenvalue weighted by Crippen LogP contribution is 2.45. The third kappa shape index (κ3) is 4.49. The van der Waals surface area contributed by atoms with E-state index >= 15 is 0 Å². The summed E-state index contributed by atoms with van der Waals surface area (Å²) in [4.78, 5) is 0. The SMILES string of the molecule is OCCCCOc1ccc2c(c1)/C(=C1/CCc3ccc(OCCCO)cc31)CC2. The molecular formula is C25H30O4. The maximum absolute atomic E-state index is 8.97. The molecule has 0 radical (unpaired) electrons. The predicted molar refractivity (Wildman–Crippen MR) is 115 cm³/mol. The van der Waals surface area contributed by atoms with Crippen LogP contribution in [0.15, 0.2) is 36.4 Å². The Labute approximate surface area is 172 Å². The molecule has 0 heterocycles. The number of ether oxygens (including phenoxy) is 2. The van der Waals surface area contributed by atoms with E-state index in [2.05, 4.69) is 30.3 Å². The summed E-state index contributed by atoms with van der Waals surface area (Å²) in [5.41, 5.74) is 8.35. The van der Waals surface area contributed by atoms with E-state index in [1.54, 1.807) is 0 Å². The van der Waals surface area contributed by atoms with E-state index in [1.165, 1.54) is 33.4 Å². The molecule has 2 N–H and O–H groups in total. The minimum atomic E-state index is 0.154. The van der Waals surface area contributed by atoms with E-state index in [-0.39, 0.29) is 13.2 Å². The highest BCUT2D eigenvalue weighted by molar-refractivity contribution is 5.96. The van der Waals surface area contributed by atoms with E-state index in [0.717, 1.165) is 50.0 Å². The summed E-state index contributed by atoms with van der Waals surface area (Å²) in [5, 5.41) is 17.9. The van der Waals surface area contributed by atoms with Crippen LogP contribution in [0.1, 0.15) is 54.4 Å². The normalized spacial score (nSPS) is 17.3. The zero-order valence-electron chi connectivity index (χ0n) is 17.0. The van der Waals surface area contributed by atoms with Crippen molar-refractivity contribution < 1.29 is 19.7 Å². The molecule has 4 rings (SSSR count). The van der Waals surface area contributed by atoms with Crippen LogP contribution in [0, 0.1) is 0 Å². The molecule has 2 aromatic carbocycles. The molecule has 2 aliphatic rings. The fourth-order valence-corrected chi connectivity index (χ4v) is 4.36. The van der Waals surface area contributed by atoms with Crippen LogP contribution in [0.5, 0.6) is 11.5 Å².